The van der Waals surface area contributed by atoms with Crippen LogP contribution in [0, 0.1) is 0 Å². The molecule has 0 aromatic heterocycles. The van der Waals surface area contributed by atoms with E-state index in [0.29, 0.717) is 12.1 Å². The Morgan fingerprint density at radius 2 is 1.75 bits per heavy atom. The molecule has 0 aliphatic carbocycles. The molecule has 0 heterocycles. The van der Waals surface area contributed by atoms with Crippen molar-refractivity contribution in [3.05, 3.63) is 29.3 Å². The summed E-state index contributed by atoms with van der Waals surface area (Å²) in [6, 6.07) is 1.91. The third kappa shape index (κ3) is 4.69. The van der Waals surface area contributed by atoms with Crippen molar-refractivity contribution in [3.8, 4) is 0 Å². The van der Waals surface area contributed by atoms with Crippen LogP contribution in [0.5, 0.6) is 0 Å². The lowest BCUT2D eigenvalue weighted by molar-refractivity contribution is -0.137. The molecule has 0 fully saturated rings. The van der Waals surface area contributed by atoms with Gasteiger partial charge in [0.2, 0.25) is 0 Å². The van der Waals surface area contributed by atoms with Crippen molar-refractivity contribution >= 4 is 33.5 Å². The molecule has 112 valence electrons. The van der Waals surface area contributed by atoms with E-state index >= 15 is 0 Å². The molecule has 1 rings (SSSR count). The Morgan fingerprint density at radius 1 is 1.20 bits per heavy atom. The van der Waals surface area contributed by atoms with Gasteiger partial charge in [0.05, 0.1) is 10.4 Å². The van der Waals surface area contributed by atoms with E-state index in [1.54, 1.807) is 0 Å². The van der Waals surface area contributed by atoms with E-state index < -0.39 is 44.5 Å². The fraction of sp³-hybridized carbons (Fsp3) is 0.364. The fourth-order valence-electron chi connectivity index (χ4n) is 1.35. The van der Waals surface area contributed by atoms with Crippen molar-refractivity contribution in [3.63, 3.8) is 0 Å². The maximum Gasteiger partial charge on any atom is 0.446 e. The Kier molecular flexibility index (Phi) is 5.18. The maximum absolute atomic E-state index is 12.5. The second-order valence-corrected chi connectivity index (χ2v) is 5.79. The number of halogens is 7. The molecule has 0 saturated heterocycles. The predicted octanol–water partition coefficient (Wildman–Crippen LogP) is 5.34. The molecule has 0 aliphatic rings. The number of carbonyl (C=O) groups is 1. The van der Waals surface area contributed by atoms with Gasteiger partial charge in [-0.3, -0.25) is 4.79 Å². The molecular formula is C11H7BrF6OS. The van der Waals surface area contributed by atoms with Gasteiger partial charge >= 0.3 is 11.7 Å². The quantitative estimate of drug-likeness (QED) is 0.399. The molecule has 1 aromatic carbocycles. The van der Waals surface area contributed by atoms with Crippen LogP contribution in [0.25, 0.3) is 0 Å². The van der Waals surface area contributed by atoms with E-state index in [1.807, 2.05) is 0 Å². The van der Waals surface area contributed by atoms with E-state index in [2.05, 4.69) is 15.9 Å². The molecule has 0 aliphatic heterocycles. The van der Waals surface area contributed by atoms with E-state index in [9.17, 15) is 31.1 Å². The van der Waals surface area contributed by atoms with Crippen molar-refractivity contribution in [2.45, 2.75) is 28.3 Å². The van der Waals surface area contributed by atoms with E-state index in [0.717, 1.165) is 13.0 Å². The molecule has 0 amide bonds. The Labute approximate surface area is 122 Å². The van der Waals surface area contributed by atoms with Crippen LogP contribution in [0.15, 0.2) is 23.1 Å². The van der Waals surface area contributed by atoms with Crippen LogP contribution in [0.1, 0.15) is 22.9 Å². The number of Topliss-reactive ketones (excluding diaryl/α,β-unsaturated/α-hetero) is 1. The molecule has 20 heavy (non-hydrogen) atoms. The zero-order chi connectivity index (χ0) is 15.7. The zero-order valence-corrected chi connectivity index (χ0v) is 12.2. The van der Waals surface area contributed by atoms with Gasteiger partial charge in [-0.25, -0.2) is 0 Å². The van der Waals surface area contributed by atoms with Gasteiger partial charge in [0.1, 0.15) is 5.78 Å². The average molecular weight is 381 g/mol. The Balaban J connectivity index is 3.34. The number of alkyl halides is 7. The lowest BCUT2D eigenvalue weighted by atomic mass is 10.1. The molecule has 1 nitrogen and oxygen atoms in total. The highest BCUT2D eigenvalue weighted by Gasteiger charge is 2.35. The standard InChI is InChI=1S/C11H7BrF6OS/c1-5(19)9(12)7-3-2-6(10(13,14)15)4-8(7)20-11(16,17)18/h2-4,9H,1H3. The topological polar surface area (TPSA) is 17.1 Å². The average Bonchev–Trinajstić information content (AvgIpc) is 2.24. The molecular weight excluding hydrogens is 374 g/mol. The van der Waals surface area contributed by atoms with Crippen LogP contribution in [0.4, 0.5) is 26.3 Å². The lowest BCUT2D eigenvalue weighted by Gasteiger charge is -2.16. The minimum absolute atomic E-state index is 0.146. The number of benzene rings is 1. The van der Waals surface area contributed by atoms with Gasteiger partial charge in [0.15, 0.2) is 0 Å². The summed E-state index contributed by atoms with van der Waals surface area (Å²) in [5, 5.41) is 0. The summed E-state index contributed by atoms with van der Waals surface area (Å²) in [7, 11) is 0. The number of hydrogen-bond donors (Lipinski definition) is 0. The van der Waals surface area contributed by atoms with Crippen molar-refractivity contribution in [1.82, 2.24) is 0 Å². The molecule has 0 radical (unpaired) electrons. The number of rotatable bonds is 3. The summed E-state index contributed by atoms with van der Waals surface area (Å²) in [6.07, 6.45) is -4.75. The largest absolute Gasteiger partial charge is 0.446 e. The molecule has 1 atom stereocenters. The van der Waals surface area contributed by atoms with Crippen molar-refractivity contribution < 1.29 is 31.1 Å². The Hall–Kier alpha value is -0.700. The molecule has 0 spiro atoms. The number of carbonyl (C=O) groups excluding carboxylic acids is 1. The van der Waals surface area contributed by atoms with E-state index in [-0.39, 0.29) is 5.56 Å². The van der Waals surface area contributed by atoms with Crippen molar-refractivity contribution in [2.75, 3.05) is 0 Å². The van der Waals surface area contributed by atoms with Gasteiger partial charge in [-0.2, -0.15) is 26.3 Å². The minimum Gasteiger partial charge on any atom is -0.298 e. The van der Waals surface area contributed by atoms with Gasteiger partial charge < -0.3 is 0 Å². The summed E-state index contributed by atoms with van der Waals surface area (Å²) in [4.78, 5) is 9.45. The normalized spacial score (nSPS) is 14.2. The monoisotopic (exact) mass is 380 g/mol. The highest BCUT2D eigenvalue weighted by molar-refractivity contribution is 9.09. The summed E-state index contributed by atoms with van der Waals surface area (Å²) < 4.78 is 74.8. The van der Waals surface area contributed by atoms with Crippen LogP contribution in [0.2, 0.25) is 0 Å². The molecule has 1 unspecified atom stereocenters. The third-order valence-corrected chi connectivity index (χ3v) is 4.14. The summed E-state index contributed by atoms with van der Waals surface area (Å²) in [5.41, 5.74) is -6.09. The van der Waals surface area contributed by atoms with Crippen LogP contribution in [-0.4, -0.2) is 11.3 Å². The van der Waals surface area contributed by atoms with Crippen LogP contribution >= 0.6 is 27.7 Å². The first-order valence-electron chi connectivity index (χ1n) is 5.03. The first-order valence-corrected chi connectivity index (χ1v) is 6.76. The first-order chi connectivity index (χ1) is 8.92. The molecule has 0 saturated carbocycles. The van der Waals surface area contributed by atoms with Gasteiger partial charge in [-0.15, -0.1) is 0 Å². The van der Waals surface area contributed by atoms with Crippen molar-refractivity contribution in [1.29, 1.82) is 0 Å². The van der Waals surface area contributed by atoms with Crippen LogP contribution in [0.3, 0.4) is 0 Å². The second-order valence-electron chi connectivity index (χ2n) is 3.77. The number of hydrogen-bond acceptors (Lipinski definition) is 2. The number of thioether (sulfide) groups is 1. The summed E-state index contributed by atoms with van der Waals surface area (Å²) in [6.45, 7) is 1.12. The first kappa shape index (κ1) is 17.4. The van der Waals surface area contributed by atoms with Gasteiger partial charge in [0, 0.05) is 4.90 Å². The minimum atomic E-state index is -4.75. The highest BCUT2D eigenvalue weighted by Crippen LogP contribution is 2.44. The fourth-order valence-corrected chi connectivity index (χ4v) is 2.64. The number of ketones is 1. The highest BCUT2D eigenvalue weighted by atomic mass is 79.9. The Bertz CT molecular complexity index is 511. The molecule has 0 N–H and O–H groups in total. The van der Waals surface area contributed by atoms with E-state index in [1.165, 1.54) is 0 Å². The summed E-state index contributed by atoms with van der Waals surface area (Å²) in [5.74, 6) is -0.506. The summed E-state index contributed by atoms with van der Waals surface area (Å²) >= 11 is 2.19. The predicted molar refractivity (Wildman–Crippen MR) is 65.7 cm³/mol. The van der Waals surface area contributed by atoms with Gasteiger partial charge in [-0.1, -0.05) is 22.0 Å². The van der Waals surface area contributed by atoms with Crippen LogP contribution < -0.4 is 0 Å². The second kappa shape index (κ2) is 5.97. The van der Waals surface area contributed by atoms with Crippen molar-refractivity contribution in [2.24, 2.45) is 0 Å². The SMILES string of the molecule is CC(=O)C(Br)c1ccc(C(F)(F)F)cc1SC(F)(F)F. The van der Waals surface area contributed by atoms with E-state index in [4.69, 9.17) is 0 Å². The Morgan fingerprint density at radius 3 is 2.15 bits per heavy atom. The maximum atomic E-state index is 12.5. The van der Waals surface area contributed by atoms with Crippen LogP contribution in [-0.2, 0) is 11.0 Å². The molecule has 0 bridgehead atoms. The zero-order valence-electron chi connectivity index (χ0n) is 9.77. The van der Waals surface area contributed by atoms with Gasteiger partial charge in [-0.05, 0) is 36.4 Å². The molecule has 1 aromatic rings. The third-order valence-electron chi connectivity index (χ3n) is 2.20. The van der Waals surface area contributed by atoms with Gasteiger partial charge in [0.25, 0.3) is 0 Å². The smallest absolute Gasteiger partial charge is 0.298 e. The molecule has 9 heteroatoms. The lowest BCUT2D eigenvalue weighted by Crippen LogP contribution is -2.10.